The van der Waals surface area contributed by atoms with Crippen molar-refractivity contribution in [2.24, 2.45) is 0 Å². The number of fused-ring (bicyclic) bond motifs is 3. The Morgan fingerprint density at radius 3 is 1.83 bits per heavy atom. The second-order valence-corrected chi connectivity index (χ2v) is 2.48. The van der Waals surface area contributed by atoms with Crippen molar-refractivity contribution in [1.29, 1.82) is 0 Å². The third-order valence-electron chi connectivity index (χ3n) is 1.79. The van der Waals surface area contributed by atoms with Crippen LogP contribution in [0.3, 0.4) is 0 Å². The lowest BCUT2D eigenvalue weighted by Gasteiger charge is -1.85. The van der Waals surface area contributed by atoms with E-state index >= 15 is 0 Å². The number of nitrogens with zero attached hydrogens (tertiary/aromatic N) is 4. The van der Waals surface area contributed by atoms with Crippen molar-refractivity contribution in [1.82, 2.24) is 30.8 Å². The zero-order chi connectivity index (χ0) is 7.97. The molecule has 0 saturated carbocycles. The molecule has 0 radical (unpaired) electrons. The third-order valence-corrected chi connectivity index (χ3v) is 1.79. The van der Waals surface area contributed by atoms with Gasteiger partial charge < -0.3 is 0 Å². The maximum Gasteiger partial charge on any atom is 0.142 e. The van der Waals surface area contributed by atoms with Crippen LogP contribution in [-0.2, 0) is 0 Å². The average molecular weight is 160 g/mol. The molecule has 12 heavy (non-hydrogen) atoms. The van der Waals surface area contributed by atoms with E-state index in [1.165, 1.54) is 0 Å². The Hall–Kier alpha value is -1.98. The topological polar surface area (TPSA) is 83.1 Å². The van der Waals surface area contributed by atoms with Gasteiger partial charge >= 0.3 is 0 Å². The van der Waals surface area contributed by atoms with Crippen LogP contribution in [0, 0.1) is 0 Å². The van der Waals surface area contributed by atoms with Crippen LogP contribution in [0.4, 0.5) is 0 Å². The molecule has 6 heteroatoms. The van der Waals surface area contributed by atoms with Crippen molar-refractivity contribution in [2.75, 3.05) is 0 Å². The van der Waals surface area contributed by atoms with E-state index in [1.807, 2.05) is 12.1 Å². The van der Waals surface area contributed by atoms with Gasteiger partial charge in [-0.05, 0) is 12.1 Å². The first-order valence-corrected chi connectivity index (χ1v) is 3.46. The van der Waals surface area contributed by atoms with E-state index in [1.54, 1.807) is 0 Å². The zero-order valence-electron chi connectivity index (χ0n) is 5.94. The van der Waals surface area contributed by atoms with Crippen molar-refractivity contribution in [3.8, 4) is 0 Å². The quantitative estimate of drug-likeness (QED) is 0.493. The van der Waals surface area contributed by atoms with Crippen LogP contribution in [0.25, 0.3) is 22.1 Å². The van der Waals surface area contributed by atoms with Gasteiger partial charge in [0.2, 0.25) is 0 Å². The first-order valence-electron chi connectivity index (χ1n) is 3.46. The molecule has 0 aliphatic rings. The molecule has 0 fully saturated rings. The summed E-state index contributed by atoms with van der Waals surface area (Å²) in [6.45, 7) is 0. The molecule has 3 rings (SSSR count). The number of aromatic amines is 2. The molecule has 0 aliphatic carbocycles. The minimum absolute atomic E-state index is 0.751. The van der Waals surface area contributed by atoms with Crippen LogP contribution in [-0.4, -0.2) is 30.8 Å². The first-order chi connectivity index (χ1) is 5.95. The summed E-state index contributed by atoms with van der Waals surface area (Å²) in [4.78, 5) is 0. The molecule has 1 aromatic carbocycles. The fraction of sp³-hybridized carbons (Fsp3) is 0. The van der Waals surface area contributed by atoms with Crippen LogP contribution < -0.4 is 0 Å². The van der Waals surface area contributed by atoms with Gasteiger partial charge in [0.25, 0.3) is 0 Å². The predicted molar refractivity (Wildman–Crippen MR) is 41.3 cm³/mol. The number of aromatic nitrogens is 6. The van der Waals surface area contributed by atoms with Gasteiger partial charge in [0.15, 0.2) is 0 Å². The number of hydrogen-bond acceptors (Lipinski definition) is 4. The molecule has 0 bridgehead atoms. The summed E-state index contributed by atoms with van der Waals surface area (Å²) >= 11 is 0. The molecular formula is C6H4N6. The van der Waals surface area contributed by atoms with Crippen molar-refractivity contribution in [3.63, 3.8) is 0 Å². The minimum Gasteiger partial charge on any atom is -0.257 e. The normalized spacial score (nSPS) is 11.3. The molecule has 2 aromatic heterocycles. The highest BCUT2D eigenvalue weighted by atomic mass is 15.4. The summed E-state index contributed by atoms with van der Waals surface area (Å²) < 4.78 is 0. The molecule has 58 valence electrons. The second-order valence-electron chi connectivity index (χ2n) is 2.48. The average Bonchev–Trinajstić information content (AvgIpc) is 2.71. The first kappa shape index (κ1) is 5.64. The Bertz CT molecular complexity index is 485. The van der Waals surface area contributed by atoms with E-state index in [2.05, 4.69) is 30.8 Å². The summed E-state index contributed by atoms with van der Waals surface area (Å²) in [5.74, 6) is 0. The number of benzene rings is 1. The summed E-state index contributed by atoms with van der Waals surface area (Å²) in [6, 6.07) is 3.77. The van der Waals surface area contributed by atoms with Gasteiger partial charge in [0.1, 0.15) is 11.0 Å². The van der Waals surface area contributed by atoms with Gasteiger partial charge in [0, 0.05) is 0 Å². The molecule has 0 amide bonds. The van der Waals surface area contributed by atoms with Crippen LogP contribution in [0.1, 0.15) is 0 Å². The van der Waals surface area contributed by atoms with E-state index in [0.717, 1.165) is 22.1 Å². The monoisotopic (exact) mass is 160 g/mol. The molecule has 2 heterocycles. The molecule has 0 atom stereocenters. The highest BCUT2D eigenvalue weighted by Gasteiger charge is 2.05. The SMILES string of the molecule is c1cc2[nH]nnc2c2nn[nH]c12. The molecule has 0 spiro atoms. The van der Waals surface area contributed by atoms with E-state index in [-0.39, 0.29) is 0 Å². The van der Waals surface area contributed by atoms with Crippen molar-refractivity contribution < 1.29 is 0 Å². The Morgan fingerprint density at radius 1 is 0.833 bits per heavy atom. The standard InChI is InChI=1S/C6H4N6/c1-2-4-6(10-12-8-4)5-3(1)7-11-9-5/h1-2H,(H,7,9,11)(H,8,10,12). The minimum atomic E-state index is 0.751. The van der Waals surface area contributed by atoms with Gasteiger partial charge in [0.05, 0.1) is 11.0 Å². The third kappa shape index (κ3) is 0.541. The number of nitrogens with one attached hydrogen (secondary N) is 2. The number of hydrogen-bond donors (Lipinski definition) is 2. The Balaban J connectivity index is 2.71. The van der Waals surface area contributed by atoms with Gasteiger partial charge in [-0.1, -0.05) is 10.4 Å². The van der Waals surface area contributed by atoms with Gasteiger partial charge in [-0.25, -0.2) is 0 Å². The lowest BCUT2D eigenvalue weighted by molar-refractivity contribution is 0.951. The highest BCUT2D eigenvalue weighted by molar-refractivity contribution is 5.98. The lowest BCUT2D eigenvalue weighted by atomic mass is 10.3. The zero-order valence-corrected chi connectivity index (χ0v) is 5.94. The summed E-state index contributed by atoms with van der Waals surface area (Å²) in [5.41, 5.74) is 3.25. The maximum absolute atomic E-state index is 3.89. The lowest BCUT2D eigenvalue weighted by Crippen LogP contribution is -1.73. The molecule has 2 N–H and O–H groups in total. The van der Waals surface area contributed by atoms with Crippen LogP contribution in [0.15, 0.2) is 12.1 Å². The van der Waals surface area contributed by atoms with Crippen LogP contribution in [0.5, 0.6) is 0 Å². The number of H-pyrrole nitrogens is 2. The van der Waals surface area contributed by atoms with Crippen LogP contribution in [0.2, 0.25) is 0 Å². The van der Waals surface area contributed by atoms with E-state index in [4.69, 9.17) is 0 Å². The van der Waals surface area contributed by atoms with Gasteiger partial charge in [-0.2, -0.15) is 0 Å². The smallest absolute Gasteiger partial charge is 0.142 e. The molecular weight excluding hydrogens is 156 g/mol. The fourth-order valence-corrected chi connectivity index (χ4v) is 1.22. The Kier molecular flexibility index (Phi) is 0.840. The van der Waals surface area contributed by atoms with Crippen LogP contribution >= 0.6 is 0 Å². The molecule has 0 saturated heterocycles. The van der Waals surface area contributed by atoms with E-state index in [0.29, 0.717) is 0 Å². The molecule has 0 aliphatic heterocycles. The second kappa shape index (κ2) is 1.79. The van der Waals surface area contributed by atoms with Crippen molar-refractivity contribution in [2.45, 2.75) is 0 Å². The molecule has 0 unspecified atom stereocenters. The maximum atomic E-state index is 3.89. The van der Waals surface area contributed by atoms with Gasteiger partial charge in [-0.15, -0.1) is 10.2 Å². The fourth-order valence-electron chi connectivity index (χ4n) is 1.22. The van der Waals surface area contributed by atoms with Crippen molar-refractivity contribution in [3.05, 3.63) is 12.1 Å². The largest absolute Gasteiger partial charge is 0.257 e. The highest BCUT2D eigenvalue weighted by Crippen LogP contribution is 2.16. The molecule has 3 aromatic rings. The summed E-state index contributed by atoms with van der Waals surface area (Å²) in [7, 11) is 0. The Labute approximate surface area is 66.0 Å². The van der Waals surface area contributed by atoms with E-state index in [9.17, 15) is 0 Å². The summed E-state index contributed by atoms with van der Waals surface area (Å²) in [6.07, 6.45) is 0. The molecule has 6 nitrogen and oxygen atoms in total. The Morgan fingerprint density at radius 2 is 1.33 bits per heavy atom. The summed E-state index contributed by atoms with van der Waals surface area (Å²) in [5, 5.41) is 20.6. The van der Waals surface area contributed by atoms with Crippen molar-refractivity contribution >= 4 is 22.1 Å². The predicted octanol–water partition coefficient (Wildman–Crippen LogP) is 0.229. The van der Waals surface area contributed by atoms with Gasteiger partial charge in [-0.3, -0.25) is 10.2 Å². The van der Waals surface area contributed by atoms with E-state index < -0.39 is 0 Å². The number of rotatable bonds is 0.